The van der Waals surface area contributed by atoms with Gasteiger partial charge in [-0.05, 0) is 45.4 Å². The molecule has 7 nitrogen and oxygen atoms in total. The van der Waals surface area contributed by atoms with E-state index in [9.17, 15) is 14.4 Å². The van der Waals surface area contributed by atoms with Gasteiger partial charge in [0.25, 0.3) is 10.9 Å². The van der Waals surface area contributed by atoms with Crippen LogP contribution in [-0.4, -0.2) is 49.3 Å². The zero-order valence-electron chi connectivity index (χ0n) is 15.8. The number of carbonyl (C=O) groups excluding carboxylic acids is 1. The summed E-state index contributed by atoms with van der Waals surface area (Å²) in [6.07, 6.45) is 5.51. The lowest BCUT2D eigenvalue weighted by Crippen LogP contribution is -2.50. The van der Waals surface area contributed by atoms with E-state index in [2.05, 4.69) is 17.1 Å². The topological polar surface area (TPSA) is 79.0 Å². The molecule has 0 spiro atoms. The first kappa shape index (κ1) is 18.7. The zero-order chi connectivity index (χ0) is 18.7. The maximum Gasteiger partial charge on any atom is 0.409 e. The van der Waals surface area contributed by atoms with Crippen molar-refractivity contribution in [2.45, 2.75) is 64.5 Å². The number of hydrogen-bond acceptors (Lipinski definition) is 6. The minimum Gasteiger partial charge on any atom is -0.450 e. The third-order valence-electron chi connectivity index (χ3n) is 5.64. The predicted molar refractivity (Wildman–Crippen MR) is 102 cm³/mol. The Morgan fingerprint density at radius 1 is 1.08 bits per heavy atom. The quantitative estimate of drug-likeness (QED) is 0.807. The van der Waals surface area contributed by atoms with Gasteiger partial charge in [-0.3, -0.25) is 9.59 Å². The fourth-order valence-corrected chi connectivity index (χ4v) is 4.13. The number of ether oxygens (including phenoxy) is 1. The van der Waals surface area contributed by atoms with Crippen LogP contribution in [0.1, 0.15) is 52.4 Å². The smallest absolute Gasteiger partial charge is 0.409 e. The van der Waals surface area contributed by atoms with E-state index in [0.29, 0.717) is 37.1 Å². The van der Waals surface area contributed by atoms with Gasteiger partial charge in [0.15, 0.2) is 0 Å². The van der Waals surface area contributed by atoms with Crippen LogP contribution in [0.25, 0.3) is 0 Å². The molecule has 0 radical (unpaired) electrons. The van der Waals surface area contributed by atoms with Crippen LogP contribution >= 0.6 is 0 Å². The van der Waals surface area contributed by atoms with Gasteiger partial charge in [0.2, 0.25) is 0 Å². The highest BCUT2D eigenvalue weighted by molar-refractivity contribution is 5.76. The summed E-state index contributed by atoms with van der Waals surface area (Å²) in [4.78, 5) is 40.0. The van der Waals surface area contributed by atoms with Gasteiger partial charge >= 0.3 is 6.09 Å². The Balaban J connectivity index is 1.65. The highest BCUT2D eigenvalue weighted by atomic mass is 16.6. The van der Waals surface area contributed by atoms with Gasteiger partial charge in [-0.15, -0.1) is 0 Å². The number of amides is 1. The first-order valence-corrected chi connectivity index (χ1v) is 9.85. The fourth-order valence-electron chi connectivity index (χ4n) is 4.13. The number of likely N-dealkylation sites (tertiary alicyclic amines) is 1. The molecule has 1 amide bonds. The maximum atomic E-state index is 12.2. The van der Waals surface area contributed by atoms with Gasteiger partial charge in [-0.1, -0.05) is 6.92 Å². The number of carbonyl (C=O) groups is 1. The van der Waals surface area contributed by atoms with Gasteiger partial charge in [0, 0.05) is 31.7 Å². The molecular formula is C19H29N3O4. The second kappa shape index (κ2) is 8.10. The molecule has 1 N–H and O–H groups in total. The zero-order valence-corrected chi connectivity index (χ0v) is 15.8. The summed E-state index contributed by atoms with van der Waals surface area (Å²) in [5.41, 5.74) is 0.337. The van der Waals surface area contributed by atoms with Gasteiger partial charge in [0.05, 0.1) is 6.61 Å². The van der Waals surface area contributed by atoms with E-state index in [4.69, 9.17) is 4.74 Å². The van der Waals surface area contributed by atoms with Crippen molar-refractivity contribution in [1.82, 2.24) is 4.90 Å². The van der Waals surface area contributed by atoms with E-state index in [1.54, 1.807) is 11.8 Å². The third-order valence-corrected chi connectivity index (χ3v) is 5.64. The van der Waals surface area contributed by atoms with Crippen LogP contribution in [0, 0.1) is 0 Å². The van der Waals surface area contributed by atoms with Crippen molar-refractivity contribution < 1.29 is 9.53 Å². The SMILES string of the molecule is CCOC(=O)N1CCC(Nc2c(N3CCCC[C@H]3CC)c(=O)c2=O)CC1. The molecule has 0 saturated carbocycles. The van der Waals surface area contributed by atoms with Crippen molar-refractivity contribution in [3.05, 3.63) is 20.4 Å². The standard InChI is InChI=1S/C19H29N3O4/c1-3-14-7-5-6-10-22(14)16-15(17(23)18(16)24)20-13-8-11-21(12-9-13)19(25)26-4-2/h13-14,20H,3-12H2,1-2H3/t14-/m1/s1. The van der Waals surface area contributed by atoms with Crippen molar-refractivity contribution in [3.8, 4) is 0 Å². The molecule has 1 aromatic rings. The first-order valence-electron chi connectivity index (χ1n) is 9.85. The molecule has 0 bridgehead atoms. The molecule has 2 aliphatic rings. The minimum absolute atomic E-state index is 0.104. The molecule has 2 heterocycles. The number of anilines is 2. The summed E-state index contributed by atoms with van der Waals surface area (Å²) in [5.74, 6) is 0. The molecule has 144 valence electrons. The monoisotopic (exact) mass is 363 g/mol. The summed E-state index contributed by atoms with van der Waals surface area (Å²) >= 11 is 0. The number of nitrogens with one attached hydrogen (secondary N) is 1. The van der Waals surface area contributed by atoms with Crippen molar-refractivity contribution in [3.63, 3.8) is 0 Å². The van der Waals surface area contributed by atoms with Crippen LogP contribution in [0.3, 0.4) is 0 Å². The number of rotatable bonds is 5. The Labute approximate surface area is 154 Å². The first-order chi connectivity index (χ1) is 12.6. The summed E-state index contributed by atoms with van der Waals surface area (Å²) < 4.78 is 5.03. The second-order valence-corrected chi connectivity index (χ2v) is 7.24. The fraction of sp³-hybridized carbons (Fsp3) is 0.737. The average Bonchev–Trinajstić information content (AvgIpc) is 2.68. The van der Waals surface area contributed by atoms with Gasteiger partial charge < -0.3 is 19.9 Å². The van der Waals surface area contributed by atoms with Crippen LogP contribution < -0.4 is 21.1 Å². The molecule has 2 fully saturated rings. The Kier molecular flexibility index (Phi) is 5.84. The lowest BCUT2D eigenvalue weighted by atomic mass is 9.97. The molecule has 2 aliphatic heterocycles. The Bertz CT molecular complexity index is 702. The molecule has 26 heavy (non-hydrogen) atoms. The molecule has 0 aliphatic carbocycles. The molecule has 7 heteroatoms. The Morgan fingerprint density at radius 2 is 1.81 bits per heavy atom. The summed E-state index contributed by atoms with van der Waals surface area (Å²) in [6, 6.07) is 0.450. The lowest BCUT2D eigenvalue weighted by Gasteiger charge is -2.39. The largest absolute Gasteiger partial charge is 0.450 e. The van der Waals surface area contributed by atoms with E-state index in [0.717, 1.165) is 38.6 Å². The van der Waals surface area contributed by atoms with Gasteiger partial charge in [0.1, 0.15) is 11.4 Å². The average molecular weight is 363 g/mol. The molecule has 3 rings (SSSR count). The molecule has 0 aromatic heterocycles. The summed E-state index contributed by atoms with van der Waals surface area (Å²) in [5, 5.41) is 3.31. The van der Waals surface area contributed by atoms with E-state index in [-0.39, 0.29) is 17.6 Å². The normalized spacial score (nSPS) is 21.8. The van der Waals surface area contributed by atoms with Gasteiger partial charge in [-0.25, -0.2) is 4.79 Å². The van der Waals surface area contributed by atoms with Crippen LogP contribution in [0.2, 0.25) is 0 Å². The van der Waals surface area contributed by atoms with Gasteiger partial charge in [-0.2, -0.15) is 0 Å². The highest BCUT2D eigenvalue weighted by Gasteiger charge is 2.33. The van der Waals surface area contributed by atoms with Crippen LogP contribution in [0.4, 0.5) is 16.2 Å². The minimum atomic E-state index is -0.395. The molecule has 1 aromatic carbocycles. The summed E-state index contributed by atoms with van der Waals surface area (Å²) in [7, 11) is 0. The van der Waals surface area contributed by atoms with Crippen molar-refractivity contribution in [1.29, 1.82) is 0 Å². The van der Waals surface area contributed by atoms with Crippen LogP contribution in [0.15, 0.2) is 9.59 Å². The lowest BCUT2D eigenvalue weighted by molar-refractivity contribution is 0.0983. The molecule has 2 saturated heterocycles. The van der Waals surface area contributed by atoms with Crippen LogP contribution in [0.5, 0.6) is 0 Å². The molecule has 0 unspecified atom stereocenters. The second-order valence-electron chi connectivity index (χ2n) is 7.24. The number of hydrogen-bond donors (Lipinski definition) is 1. The van der Waals surface area contributed by atoms with Crippen molar-refractivity contribution in [2.75, 3.05) is 36.5 Å². The van der Waals surface area contributed by atoms with Crippen molar-refractivity contribution in [2.24, 2.45) is 0 Å². The Morgan fingerprint density at radius 3 is 2.46 bits per heavy atom. The number of nitrogens with zero attached hydrogens (tertiary/aromatic N) is 2. The third kappa shape index (κ3) is 3.57. The Hall–Kier alpha value is -2.05. The summed E-state index contributed by atoms with van der Waals surface area (Å²) in [6.45, 7) is 6.35. The van der Waals surface area contributed by atoms with Crippen molar-refractivity contribution >= 4 is 17.5 Å². The highest BCUT2D eigenvalue weighted by Crippen LogP contribution is 2.30. The van der Waals surface area contributed by atoms with E-state index >= 15 is 0 Å². The maximum absolute atomic E-state index is 12.2. The molecule has 1 atom stereocenters. The van der Waals surface area contributed by atoms with Crippen LogP contribution in [-0.2, 0) is 4.74 Å². The predicted octanol–water partition coefficient (Wildman–Crippen LogP) is 2.08. The number of piperidine rings is 2. The van der Waals surface area contributed by atoms with E-state index in [1.807, 2.05) is 0 Å². The molecular weight excluding hydrogens is 334 g/mol. The van der Waals surface area contributed by atoms with E-state index < -0.39 is 5.43 Å². The van der Waals surface area contributed by atoms with E-state index in [1.165, 1.54) is 6.42 Å².